The number of hydrogen-bond acceptors (Lipinski definition) is 4. The van der Waals surface area contributed by atoms with Gasteiger partial charge in [-0.2, -0.15) is 0 Å². The Bertz CT molecular complexity index is 690. The van der Waals surface area contributed by atoms with Crippen LogP contribution in [-0.4, -0.2) is 9.97 Å². The molecule has 0 radical (unpaired) electrons. The Morgan fingerprint density at radius 2 is 2.11 bits per heavy atom. The van der Waals surface area contributed by atoms with E-state index in [1.807, 2.05) is 30.6 Å². The smallest absolute Gasteiger partial charge is 0.0798 e. The summed E-state index contributed by atoms with van der Waals surface area (Å²) in [6.07, 6.45) is 1.80. The molecule has 1 aromatic carbocycles. The number of fused-ring (bicyclic) bond motifs is 1. The van der Waals surface area contributed by atoms with Crippen LogP contribution in [0.1, 0.15) is 22.2 Å². The molecule has 0 aliphatic rings. The van der Waals surface area contributed by atoms with Gasteiger partial charge in [0.15, 0.2) is 0 Å². The largest absolute Gasteiger partial charge is 0.320 e. The normalized spacial score (nSPS) is 12.8. The fourth-order valence-electron chi connectivity index (χ4n) is 2.05. The van der Waals surface area contributed by atoms with Crippen molar-refractivity contribution in [1.29, 1.82) is 0 Å². The maximum absolute atomic E-state index is 6.30. The summed E-state index contributed by atoms with van der Waals surface area (Å²) in [6, 6.07) is 10.0. The van der Waals surface area contributed by atoms with Gasteiger partial charge in [-0.25, -0.2) is 4.98 Å². The maximum Gasteiger partial charge on any atom is 0.0798 e. The van der Waals surface area contributed by atoms with E-state index in [0.717, 1.165) is 27.0 Å². The number of thiazole rings is 1. The Morgan fingerprint density at radius 1 is 1.22 bits per heavy atom. The topological polar surface area (TPSA) is 51.8 Å². The third-order valence-corrected chi connectivity index (χ3v) is 4.07. The van der Waals surface area contributed by atoms with Crippen LogP contribution < -0.4 is 5.73 Å². The Balaban J connectivity index is 2.07. The van der Waals surface area contributed by atoms with Gasteiger partial charge in [-0.3, -0.25) is 4.98 Å². The van der Waals surface area contributed by atoms with Gasteiger partial charge < -0.3 is 5.73 Å². The minimum Gasteiger partial charge on any atom is -0.320 e. The molecule has 90 valence electrons. The van der Waals surface area contributed by atoms with E-state index in [0.29, 0.717) is 0 Å². The summed E-state index contributed by atoms with van der Waals surface area (Å²) in [6.45, 7) is 1.99. The van der Waals surface area contributed by atoms with Crippen molar-refractivity contribution in [3.8, 4) is 0 Å². The Kier molecular flexibility index (Phi) is 2.81. The molecule has 0 aliphatic carbocycles. The zero-order chi connectivity index (χ0) is 12.5. The maximum atomic E-state index is 6.30. The lowest BCUT2D eigenvalue weighted by Crippen LogP contribution is -2.11. The van der Waals surface area contributed by atoms with E-state index in [1.165, 1.54) is 0 Å². The lowest BCUT2D eigenvalue weighted by atomic mass is 10.0. The average Bonchev–Trinajstić information content (AvgIpc) is 2.83. The standard InChI is InChI=1S/C14H13N3S/c1-9-14(18-8-17-9)13(15)11-4-5-12-10(7-11)3-2-6-16-12/h2-8,13H,15H2,1H3. The number of rotatable bonds is 2. The summed E-state index contributed by atoms with van der Waals surface area (Å²) in [7, 11) is 0. The SMILES string of the molecule is Cc1ncsc1C(N)c1ccc2ncccc2c1. The second kappa shape index (κ2) is 4.48. The van der Waals surface area contributed by atoms with Crippen LogP contribution in [0.15, 0.2) is 42.0 Å². The molecule has 2 N–H and O–H groups in total. The molecule has 2 heterocycles. The zero-order valence-electron chi connectivity index (χ0n) is 10.00. The lowest BCUT2D eigenvalue weighted by molar-refractivity contribution is 0.879. The summed E-state index contributed by atoms with van der Waals surface area (Å²) < 4.78 is 0. The molecule has 4 heteroatoms. The lowest BCUT2D eigenvalue weighted by Gasteiger charge is -2.11. The Labute approximate surface area is 109 Å². The molecule has 0 aliphatic heterocycles. The third-order valence-electron chi connectivity index (χ3n) is 3.05. The van der Waals surface area contributed by atoms with Crippen molar-refractivity contribution >= 4 is 22.2 Å². The molecule has 2 aromatic heterocycles. The van der Waals surface area contributed by atoms with Crippen LogP contribution in [0.3, 0.4) is 0 Å². The van der Waals surface area contributed by atoms with E-state index >= 15 is 0 Å². The van der Waals surface area contributed by atoms with Crippen LogP contribution in [0.2, 0.25) is 0 Å². The van der Waals surface area contributed by atoms with Gasteiger partial charge in [0, 0.05) is 16.5 Å². The summed E-state index contributed by atoms with van der Waals surface area (Å²) in [5.41, 5.74) is 11.3. The van der Waals surface area contributed by atoms with Gasteiger partial charge in [-0.1, -0.05) is 12.1 Å². The van der Waals surface area contributed by atoms with Crippen LogP contribution >= 0.6 is 11.3 Å². The van der Waals surface area contributed by atoms with Crippen LogP contribution in [0, 0.1) is 6.92 Å². The van der Waals surface area contributed by atoms with Gasteiger partial charge in [-0.15, -0.1) is 11.3 Å². The van der Waals surface area contributed by atoms with Crippen LogP contribution in [0.4, 0.5) is 0 Å². The molecule has 0 bridgehead atoms. The van der Waals surface area contributed by atoms with Gasteiger partial charge in [-0.05, 0) is 30.7 Å². The highest BCUT2D eigenvalue weighted by molar-refractivity contribution is 7.09. The molecule has 0 saturated heterocycles. The Morgan fingerprint density at radius 3 is 2.89 bits per heavy atom. The zero-order valence-corrected chi connectivity index (χ0v) is 10.8. The molecule has 3 nitrogen and oxygen atoms in total. The van der Waals surface area contributed by atoms with Crippen molar-refractivity contribution in [3.05, 3.63) is 58.2 Å². The number of nitrogens with two attached hydrogens (primary N) is 1. The predicted molar refractivity (Wildman–Crippen MR) is 74.6 cm³/mol. The molecule has 18 heavy (non-hydrogen) atoms. The number of aryl methyl sites for hydroxylation is 1. The van der Waals surface area contributed by atoms with Crippen LogP contribution in [0.5, 0.6) is 0 Å². The first kappa shape index (κ1) is 11.3. The summed E-state index contributed by atoms with van der Waals surface area (Å²) in [5, 5.41) is 1.12. The highest BCUT2D eigenvalue weighted by Gasteiger charge is 2.14. The van der Waals surface area contributed by atoms with Crippen molar-refractivity contribution in [3.63, 3.8) is 0 Å². The molecule has 3 rings (SSSR count). The van der Waals surface area contributed by atoms with Crippen molar-refractivity contribution in [1.82, 2.24) is 9.97 Å². The van der Waals surface area contributed by atoms with Gasteiger partial charge in [0.05, 0.1) is 22.8 Å². The molecule has 0 amide bonds. The quantitative estimate of drug-likeness (QED) is 0.765. The van der Waals surface area contributed by atoms with E-state index < -0.39 is 0 Å². The molecule has 0 fully saturated rings. The summed E-state index contributed by atoms with van der Waals surface area (Å²) in [4.78, 5) is 9.69. The van der Waals surface area contributed by atoms with E-state index in [-0.39, 0.29) is 6.04 Å². The molecule has 1 unspecified atom stereocenters. The van der Waals surface area contributed by atoms with Gasteiger partial charge >= 0.3 is 0 Å². The highest BCUT2D eigenvalue weighted by atomic mass is 32.1. The monoisotopic (exact) mass is 255 g/mol. The second-order valence-electron chi connectivity index (χ2n) is 4.24. The highest BCUT2D eigenvalue weighted by Crippen LogP contribution is 2.27. The summed E-state index contributed by atoms with van der Waals surface area (Å²) in [5.74, 6) is 0. The Hall–Kier alpha value is -1.78. The van der Waals surface area contributed by atoms with E-state index in [4.69, 9.17) is 5.73 Å². The first-order valence-electron chi connectivity index (χ1n) is 5.76. The number of aromatic nitrogens is 2. The summed E-state index contributed by atoms with van der Waals surface area (Å²) >= 11 is 1.61. The first-order chi connectivity index (χ1) is 8.75. The number of nitrogens with zero attached hydrogens (tertiary/aromatic N) is 2. The van der Waals surface area contributed by atoms with Crippen molar-refractivity contribution < 1.29 is 0 Å². The van der Waals surface area contributed by atoms with E-state index in [2.05, 4.69) is 22.1 Å². The molecule has 0 saturated carbocycles. The molecule has 3 aromatic rings. The fraction of sp³-hybridized carbons (Fsp3) is 0.143. The average molecular weight is 255 g/mol. The molecule has 0 spiro atoms. The van der Waals surface area contributed by atoms with Crippen molar-refractivity contribution in [2.75, 3.05) is 0 Å². The van der Waals surface area contributed by atoms with Crippen LogP contribution in [0.25, 0.3) is 10.9 Å². The van der Waals surface area contributed by atoms with Gasteiger partial charge in [0.1, 0.15) is 0 Å². The third kappa shape index (κ3) is 1.89. The van der Waals surface area contributed by atoms with E-state index in [1.54, 1.807) is 17.5 Å². The van der Waals surface area contributed by atoms with E-state index in [9.17, 15) is 0 Å². The predicted octanol–water partition coefficient (Wildman–Crippen LogP) is 3.05. The van der Waals surface area contributed by atoms with Gasteiger partial charge in [0.25, 0.3) is 0 Å². The molecular weight excluding hydrogens is 242 g/mol. The van der Waals surface area contributed by atoms with Crippen molar-refractivity contribution in [2.24, 2.45) is 5.73 Å². The minimum atomic E-state index is -0.109. The number of pyridine rings is 1. The number of hydrogen-bond donors (Lipinski definition) is 1. The fourth-order valence-corrected chi connectivity index (χ4v) is 2.88. The minimum absolute atomic E-state index is 0.109. The first-order valence-corrected chi connectivity index (χ1v) is 6.64. The molecule has 1 atom stereocenters. The van der Waals surface area contributed by atoms with Crippen molar-refractivity contribution in [2.45, 2.75) is 13.0 Å². The number of benzene rings is 1. The van der Waals surface area contributed by atoms with Gasteiger partial charge in [0.2, 0.25) is 0 Å². The van der Waals surface area contributed by atoms with Crippen LogP contribution in [-0.2, 0) is 0 Å². The molecular formula is C14H13N3S. The second-order valence-corrected chi connectivity index (χ2v) is 5.12.